The van der Waals surface area contributed by atoms with E-state index in [0.717, 1.165) is 64.2 Å². The number of hydrogen-bond donors (Lipinski definition) is 6. The topological polar surface area (TPSA) is 192 Å². The highest BCUT2D eigenvalue weighted by Crippen LogP contribution is 2.47. The van der Waals surface area contributed by atoms with Gasteiger partial charge >= 0.3 is 13.8 Å². The molecule has 0 bridgehead atoms. The van der Waals surface area contributed by atoms with E-state index in [4.69, 9.17) is 18.5 Å². The normalized spacial score (nSPS) is 24.3. The summed E-state index contributed by atoms with van der Waals surface area (Å²) < 4.78 is 33.9. The molecule has 0 amide bonds. The highest BCUT2D eigenvalue weighted by molar-refractivity contribution is 7.47. The first-order chi connectivity index (χ1) is 24.5. The lowest BCUT2D eigenvalue weighted by atomic mass is 9.85. The zero-order valence-corrected chi connectivity index (χ0v) is 32.3. The van der Waals surface area contributed by atoms with Gasteiger partial charge in [0, 0.05) is 13.0 Å². The highest BCUT2D eigenvalue weighted by atomic mass is 31.2. The Labute approximate surface area is 307 Å². The largest absolute Gasteiger partial charge is 0.472 e. The van der Waals surface area contributed by atoms with Crippen molar-refractivity contribution in [3.63, 3.8) is 0 Å². The van der Waals surface area contributed by atoms with Gasteiger partial charge in [-0.3, -0.25) is 13.8 Å². The van der Waals surface area contributed by atoms with Crippen LogP contribution in [0.5, 0.6) is 0 Å². The molecule has 6 N–H and O–H groups in total. The summed E-state index contributed by atoms with van der Waals surface area (Å²) in [5.74, 6) is -0.493. The Morgan fingerprint density at radius 3 is 1.69 bits per heavy atom. The molecule has 1 aliphatic carbocycles. The van der Waals surface area contributed by atoms with Gasteiger partial charge in [-0.2, -0.15) is 0 Å². The molecule has 0 saturated heterocycles. The van der Waals surface area contributed by atoms with Crippen LogP contribution in [-0.4, -0.2) is 98.9 Å². The first kappa shape index (κ1) is 47.8. The Balaban J connectivity index is 2.47. The number of hydrogen-bond acceptors (Lipinski definition) is 11. The second-order valence-corrected chi connectivity index (χ2v) is 15.2. The van der Waals surface area contributed by atoms with Crippen LogP contribution in [0.25, 0.3) is 0 Å². The summed E-state index contributed by atoms with van der Waals surface area (Å²) in [5, 5.41) is 49.9. The summed E-state index contributed by atoms with van der Waals surface area (Å²) in [6.45, 7) is 4.17. The molecule has 6 unspecified atom stereocenters. The van der Waals surface area contributed by atoms with Gasteiger partial charge in [0.15, 0.2) is 0 Å². The monoisotopic (exact) mass is 750 g/mol. The third-order valence-corrected chi connectivity index (χ3v) is 10.1. The quantitative estimate of drug-likeness (QED) is 0.0188. The minimum absolute atomic E-state index is 0.0801. The van der Waals surface area contributed by atoms with Crippen LogP contribution in [0, 0.1) is 0 Å². The first-order valence-electron chi connectivity index (χ1n) is 19.7. The van der Waals surface area contributed by atoms with E-state index >= 15 is 0 Å². The van der Waals surface area contributed by atoms with Crippen LogP contribution in [0.15, 0.2) is 24.3 Å². The fourth-order valence-electron chi connectivity index (χ4n) is 5.85. The van der Waals surface area contributed by atoms with Crippen molar-refractivity contribution in [3.8, 4) is 0 Å². The van der Waals surface area contributed by atoms with E-state index in [9.17, 15) is 39.8 Å². The fraction of sp³-hybridized carbons (Fsp3) is 0.868. The maximum Gasteiger partial charge on any atom is 0.472 e. The molecule has 0 radical (unpaired) electrons. The van der Waals surface area contributed by atoms with E-state index in [1.807, 2.05) is 0 Å². The molecule has 12 nitrogen and oxygen atoms in total. The predicted molar refractivity (Wildman–Crippen MR) is 198 cm³/mol. The second kappa shape index (κ2) is 30.2. The van der Waals surface area contributed by atoms with Crippen molar-refractivity contribution in [3.05, 3.63) is 24.3 Å². The molecule has 1 aliphatic rings. The van der Waals surface area contributed by atoms with Crippen LogP contribution in [0.1, 0.15) is 149 Å². The molecule has 1 rings (SSSR count). The van der Waals surface area contributed by atoms with Crippen LogP contribution < -0.4 is 0 Å². The van der Waals surface area contributed by atoms with Gasteiger partial charge in [-0.15, -0.1) is 0 Å². The molecule has 0 heterocycles. The summed E-state index contributed by atoms with van der Waals surface area (Å²) in [6.07, 6.45) is 18.3. The molecule has 0 aromatic rings. The summed E-state index contributed by atoms with van der Waals surface area (Å²) in [5.41, 5.74) is 0. The van der Waals surface area contributed by atoms with E-state index in [1.54, 1.807) is 0 Å². The van der Waals surface area contributed by atoms with Crippen LogP contribution in [0.4, 0.5) is 0 Å². The van der Waals surface area contributed by atoms with E-state index < -0.39 is 63.1 Å². The summed E-state index contributed by atoms with van der Waals surface area (Å²) in [4.78, 5) is 23.0. The van der Waals surface area contributed by atoms with E-state index in [-0.39, 0.29) is 13.0 Å². The molecular formula is C38H71O12P. The number of carbonyl (C=O) groups excluding carboxylic acids is 1. The van der Waals surface area contributed by atoms with E-state index in [1.165, 1.54) is 57.8 Å². The molecule has 6 atom stereocenters. The van der Waals surface area contributed by atoms with Crippen molar-refractivity contribution in [2.75, 3.05) is 19.8 Å². The number of allylic oxidation sites excluding steroid dienone is 4. The van der Waals surface area contributed by atoms with Crippen molar-refractivity contribution in [1.29, 1.82) is 0 Å². The molecule has 1 fully saturated rings. The molecule has 13 heteroatoms. The van der Waals surface area contributed by atoms with Crippen LogP contribution in [0.2, 0.25) is 0 Å². The van der Waals surface area contributed by atoms with E-state index in [0.29, 0.717) is 13.0 Å². The second-order valence-electron chi connectivity index (χ2n) is 13.8. The Kier molecular flexibility index (Phi) is 28.3. The SMILES string of the molecule is CCCCC/C=C\C/C=C\CCCCCCCC(=O)OC(COCCCCCCCCCCC)COP(=O)(O)OC1C(O)C(O)C(O)C(O)C1O. The minimum Gasteiger partial charge on any atom is -0.457 e. The smallest absolute Gasteiger partial charge is 0.457 e. The van der Waals surface area contributed by atoms with Gasteiger partial charge in [-0.25, -0.2) is 4.57 Å². The lowest BCUT2D eigenvalue weighted by molar-refractivity contribution is -0.220. The molecular weight excluding hydrogens is 679 g/mol. The molecule has 0 aliphatic heterocycles. The third kappa shape index (κ3) is 23.3. The number of aliphatic hydroxyl groups is 5. The molecule has 1 saturated carbocycles. The van der Waals surface area contributed by atoms with Gasteiger partial charge < -0.3 is 39.9 Å². The van der Waals surface area contributed by atoms with Crippen molar-refractivity contribution in [2.24, 2.45) is 0 Å². The van der Waals surface area contributed by atoms with Crippen molar-refractivity contribution >= 4 is 13.8 Å². The Morgan fingerprint density at radius 2 is 1.10 bits per heavy atom. The third-order valence-electron chi connectivity index (χ3n) is 9.08. The van der Waals surface area contributed by atoms with Gasteiger partial charge in [0.2, 0.25) is 0 Å². The maximum atomic E-state index is 12.7. The van der Waals surface area contributed by atoms with Crippen molar-refractivity contribution < 1.29 is 58.3 Å². The number of esters is 1. The van der Waals surface area contributed by atoms with Gasteiger partial charge in [-0.05, 0) is 44.9 Å². The number of carbonyl (C=O) groups is 1. The molecule has 0 aromatic carbocycles. The lowest BCUT2D eigenvalue weighted by Gasteiger charge is -2.41. The zero-order valence-electron chi connectivity index (χ0n) is 31.4. The van der Waals surface area contributed by atoms with Crippen LogP contribution in [0.3, 0.4) is 0 Å². The van der Waals surface area contributed by atoms with Gasteiger partial charge in [0.1, 0.15) is 42.7 Å². The predicted octanol–water partition coefficient (Wildman–Crippen LogP) is 6.58. The minimum atomic E-state index is -5.01. The molecule has 300 valence electrons. The van der Waals surface area contributed by atoms with Crippen LogP contribution >= 0.6 is 7.82 Å². The average molecular weight is 751 g/mol. The number of phosphoric acid groups is 1. The molecule has 0 spiro atoms. The number of unbranched alkanes of at least 4 members (excludes halogenated alkanes) is 16. The Hall–Kier alpha value is -1.18. The van der Waals surface area contributed by atoms with E-state index in [2.05, 4.69) is 38.2 Å². The van der Waals surface area contributed by atoms with Gasteiger partial charge in [-0.1, -0.05) is 122 Å². The summed E-state index contributed by atoms with van der Waals surface area (Å²) in [6, 6.07) is 0. The Morgan fingerprint density at radius 1 is 0.627 bits per heavy atom. The van der Waals surface area contributed by atoms with Gasteiger partial charge in [0.05, 0.1) is 13.2 Å². The number of aliphatic hydroxyl groups excluding tert-OH is 5. The summed E-state index contributed by atoms with van der Waals surface area (Å²) in [7, 11) is -5.01. The van der Waals surface area contributed by atoms with Crippen LogP contribution in [-0.2, 0) is 27.9 Å². The zero-order chi connectivity index (χ0) is 37.7. The van der Waals surface area contributed by atoms with Crippen molar-refractivity contribution in [1.82, 2.24) is 0 Å². The lowest BCUT2D eigenvalue weighted by Crippen LogP contribution is -2.64. The molecule has 51 heavy (non-hydrogen) atoms. The first-order valence-corrected chi connectivity index (χ1v) is 21.2. The fourth-order valence-corrected chi connectivity index (χ4v) is 6.83. The molecule has 0 aromatic heterocycles. The number of phosphoric ester groups is 1. The standard InChI is InChI=1S/C38H71O12P/c1-3-5-7-9-11-13-14-15-16-17-18-19-21-23-25-27-32(39)49-31(29-47-28-26-24-22-20-12-10-8-6-4-2)30-48-51(45,46)50-38-36(43)34(41)33(40)35(42)37(38)44/h11,13,15-16,31,33-38,40-44H,3-10,12,14,17-30H2,1-2H3,(H,45,46)/b13-11-,16-15-. The highest BCUT2D eigenvalue weighted by Gasteiger charge is 2.51. The summed E-state index contributed by atoms with van der Waals surface area (Å²) >= 11 is 0. The van der Waals surface area contributed by atoms with Crippen molar-refractivity contribution in [2.45, 2.75) is 191 Å². The number of ether oxygens (including phenoxy) is 2. The van der Waals surface area contributed by atoms with Gasteiger partial charge in [0.25, 0.3) is 0 Å². The number of rotatable bonds is 32. The maximum absolute atomic E-state index is 12.7. The Bertz CT molecular complexity index is 947. The average Bonchev–Trinajstić information content (AvgIpc) is 3.11.